The van der Waals surface area contributed by atoms with Crippen LogP contribution in [0.3, 0.4) is 0 Å². The summed E-state index contributed by atoms with van der Waals surface area (Å²) in [5.74, 6) is 0.982. The summed E-state index contributed by atoms with van der Waals surface area (Å²) in [5, 5.41) is 4.72. The number of nitrogens with one attached hydrogen (secondary N) is 1. The van der Waals surface area contributed by atoms with Gasteiger partial charge in [0.15, 0.2) is 0 Å². The molecule has 0 saturated carbocycles. The summed E-state index contributed by atoms with van der Waals surface area (Å²) in [6.45, 7) is 7.35. The van der Waals surface area contributed by atoms with E-state index in [0.29, 0.717) is 0 Å². The molecule has 1 atom stereocenters. The molecule has 1 aromatic heterocycles. The molecular formula is C19H21NO. The van der Waals surface area contributed by atoms with Crippen LogP contribution < -0.4 is 5.32 Å². The monoisotopic (exact) mass is 279 g/mol. The molecule has 0 aliphatic rings. The quantitative estimate of drug-likeness (QED) is 0.745. The molecule has 0 aliphatic heterocycles. The molecule has 0 amide bonds. The largest absolute Gasteiger partial charge is 0.459 e. The molecule has 2 heteroatoms. The van der Waals surface area contributed by atoms with Crippen LogP contribution in [0.4, 0.5) is 0 Å². The van der Waals surface area contributed by atoms with E-state index in [0.717, 1.165) is 23.3 Å². The maximum absolute atomic E-state index is 6.08. The van der Waals surface area contributed by atoms with Gasteiger partial charge in [0.25, 0.3) is 0 Å². The summed E-state index contributed by atoms with van der Waals surface area (Å²) in [5.41, 5.74) is 4.85. The molecule has 108 valence electrons. The second kappa shape index (κ2) is 5.74. The molecule has 3 rings (SSSR count). The third-order valence-corrected chi connectivity index (χ3v) is 3.97. The maximum atomic E-state index is 6.08. The highest BCUT2D eigenvalue weighted by Crippen LogP contribution is 2.31. The van der Waals surface area contributed by atoms with Crippen molar-refractivity contribution in [2.45, 2.75) is 26.8 Å². The molecule has 0 spiro atoms. The molecule has 0 aliphatic carbocycles. The van der Waals surface area contributed by atoms with Crippen LogP contribution in [0, 0.1) is 13.8 Å². The Morgan fingerprint density at radius 3 is 2.38 bits per heavy atom. The summed E-state index contributed by atoms with van der Waals surface area (Å²) in [6.07, 6.45) is 0. The standard InChI is InChI=1S/C19H21NO/c1-4-20-19(18-13(2)8-7-9-14(18)3)17-12-15-10-5-6-11-16(15)21-17/h5-12,19-20H,4H2,1-3H3. The molecule has 0 saturated heterocycles. The van der Waals surface area contributed by atoms with Crippen molar-refractivity contribution < 1.29 is 4.42 Å². The Labute approximate surface area is 125 Å². The first-order valence-electron chi connectivity index (χ1n) is 7.48. The van der Waals surface area contributed by atoms with Crippen LogP contribution >= 0.6 is 0 Å². The Bertz CT molecular complexity index is 704. The minimum atomic E-state index is 0.101. The zero-order valence-corrected chi connectivity index (χ0v) is 12.8. The molecule has 1 N–H and O–H groups in total. The lowest BCUT2D eigenvalue weighted by molar-refractivity contribution is 0.475. The fraction of sp³-hybridized carbons (Fsp3) is 0.263. The van der Waals surface area contributed by atoms with Gasteiger partial charge in [-0.15, -0.1) is 0 Å². The first kappa shape index (κ1) is 13.9. The number of hydrogen-bond donors (Lipinski definition) is 1. The molecule has 2 aromatic carbocycles. The Hall–Kier alpha value is -2.06. The molecule has 0 radical (unpaired) electrons. The Balaban J connectivity index is 2.13. The van der Waals surface area contributed by atoms with Crippen LogP contribution in [0.5, 0.6) is 0 Å². The molecule has 3 aromatic rings. The van der Waals surface area contributed by atoms with Gasteiger partial charge < -0.3 is 9.73 Å². The van der Waals surface area contributed by atoms with Crippen molar-refractivity contribution in [1.29, 1.82) is 0 Å². The second-order valence-corrected chi connectivity index (χ2v) is 5.48. The van der Waals surface area contributed by atoms with E-state index in [9.17, 15) is 0 Å². The third-order valence-electron chi connectivity index (χ3n) is 3.97. The van der Waals surface area contributed by atoms with E-state index < -0.39 is 0 Å². The molecule has 21 heavy (non-hydrogen) atoms. The molecule has 1 heterocycles. The van der Waals surface area contributed by atoms with Gasteiger partial charge in [0.2, 0.25) is 0 Å². The van der Waals surface area contributed by atoms with Crippen LogP contribution in [-0.2, 0) is 0 Å². The van der Waals surface area contributed by atoms with Crippen LogP contribution in [0.15, 0.2) is 52.9 Å². The lowest BCUT2D eigenvalue weighted by Gasteiger charge is -2.20. The topological polar surface area (TPSA) is 25.2 Å². The minimum absolute atomic E-state index is 0.101. The van der Waals surface area contributed by atoms with E-state index in [-0.39, 0.29) is 6.04 Å². The predicted octanol–water partition coefficient (Wildman–Crippen LogP) is 4.75. The van der Waals surface area contributed by atoms with Gasteiger partial charge in [0.1, 0.15) is 11.3 Å². The second-order valence-electron chi connectivity index (χ2n) is 5.48. The number of para-hydroxylation sites is 1. The van der Waals surface area contributed by atoms with E-state index in [4.69, 9.17) is 4.42 Å². The molecule has 0 bridgehead atoms. The molecule has 0 fully saturated rings. The fourth-order valence-electron chi connectivity index (χ4n) is 2.98. The number of rotatable bonds is 4. The first-order chi connectivity index (χ1) is 10.2. The zero-order chi connectivity index (χ0) is 14.8. The fourth-order valence-corrected chi connectivity index (χ4v) is 2.98. The van der Waals surface area contributed by atoms with E-state index >= 15 is 0 Å². The average molecular weight is 279 g/mol. The molecule has 1 unspecified atom stereocenters. The van der Waals surface area contributed by atoms with Gasteiger partial charge in [0.05, 0.1) is 6.04 Å². The molecule has 2 nitrogen and oxygen atoms in total. The van der Waals surface area contributed by atoms with Gasteiger partial charge in [0, 0.05) is 5.39 Å². The van der Waals surface area contributed by atoms with Gasteiger partial charge in [-0.2, -0.15) is 0 Å². The first-order valence-corrected chi connectivity index (χ1v) is 7.48. The van der Waals surface area contributed by atoms with Gasteiger partial charge in [-0.1, -0.05) is 43.3 Å². The van der Waals surface area contributed by atoms with Crippen molar-refractivity contribution in [3.63, 3.8) is 0 Å². The third kappa shape index (κ3) is 2.59. The van der Waals surface area contributed by atoms with Crippen molar-refractivity contribution in [3.8, 4) is 0 Å². The van der Waals surface area contributed by atoms with E-state index in [1.807, 2.05) is 18.2 Å². The van der Waals surface area contributed by atoms with Gasteiger partial charge in [-0.05, 0) is 49.2 Å². The normalized spacial score (nSPS) is 12.7. The summed E-state index contributed by atoms with van der Waals surface area (Å²) < 4.78 is 6.08. The van der Waals surface area contributed by atoms with E-state index in [1.165, 1.54) is 16.7 Å². The van der Waals surface area contributed by atoms with E-state index in [2.05, 4.69) is 56.4 Å². The van der Waals surface area contributed by atoms with Crippen LogP contribution in [-0.4, -0.2) is 6.54 Å². The number of furan rings is 1. The van der Waals surface area contributed by atoms with Crippen molar-refractivity contribution in [2.75, 3.05) is 6.54 Å². The number of aryl methyl sites for hydroxylation is 2. The summed E-state index contributed by atoms with van der Waals surface area (Å²) >= 11 is 0. The SMILES string of the molecule is CCNC(c1cc2ccccc2o1)c1c(C)cccc1C. The van der Waals surface area contributed by atoms with Crippen LogP contribution in [0.1, 0.15) is 35.4 Å². The summed E-state index contributed by atoms with van der Waals surface area (Å²) in [7, 11) is 0. The zero-order valence-electron chi connectivity index (χ0n) is 12.8. The van der Waals surface area contributed by atoms with Crippen molar-refractivity contribution in [2.24, 2.45) is 0 Å². The average Bonchev–Trinajstić information content (AvgIpc) is 2.89. The van der Waals surface area contributed by atoms with Gasteiger partial charge in [-0.25, -0.2) is 0 Å². The van der Waals surface area contributed by atoms with Crippen molar-refractivity contribution in [1.82, 2.24) is 5.32 Å². The predicted molar refractivity (Wildman–Crippen MR) is 87.6 cm³/mol. The summed E-state index contributed by atoms with van der Waals surface area (Å²) in [6, 6.07) is 16.8. The molecular weight excluding hydrogens is 258 g/mol. The van der Waals surface area contributed by atoms with Gasteiger partial charge >= 0.3 is 0 Å². The Kier molecular flexibility index (Phi) is 3.80. The lowest BCUT2D eigenvalue weighted by Crippen LogP contribution is -2.23. The highest BCUT2D eigenvalue weighted by Gasteiger charge is 2.20. The number of fused-ring (bicyclic) bond motifs is 1. The van der Waals surface area contributed by atoms with Gasteiger partial charge in [-0.3, -0.25) is 0 Å². The smallest absolute Gasteiger partial charge is 0.134 e. The van der Waals surface area contributed by atoms with Crippen LogP contribution in [0.25, 0.3) is 11.0 Å². The lowest BCUT2D eigenvalue weighted by atomic mass is 9.94. The highest BCUT2D eigenvalue weighted by atomic mass is 16.3. The number of benzene rings is 2. The highest BCUT2D eigenvalue weighted by molar-refractivity contribution is 5.78. The van der Waals surface area contributed by atoms with Crippen LogP contribution in [0.2, 0.25) is 0 Å². The maximum Gasteiger partial charge on any atom is 0.134 e. The Morgan fingerprint density at radius 2 is 1.71 bits per heavy atom. The number of hydrogen-bond acceptors (Lipinski definition) is 2. The minimum Gasteiger partial charge on any atom is -0.459 e. The van der Waals surface area contributed by atoms with E-state index in [1.54, 1.807) is 0 Å². The Morgan fingerprint density at radius 1 is 1.00 bits per heavy atom. The summed E-state index contributed by atoms with van der Waals surface area (Å²) in [4.78, 5) is 0. The van der Waals surface area contributed by atoms with Crippen molar-refractivity contribution in [3.05, 3.63) is 71.0 Å². The van der Waals surface area contributed by atoms with Crippen molar-refractivity contribution >= 4 is 11.0 Å².